The summed E-state index contributed by atoms with van der Waals surface area (Å²) in [7, 11) is 0. The zero-order chi connectivity index (χ0) is 20.5. The molecule has 1 heterocycles. The highest BCUT2D eigenvalue weighted by molar-refractivity contribution is 5.75. The zero-order valence-corrected chi connectivity index (χ0v) is 16.5. The zero-order valence-electron chi connectivity index (χ0n) is 16.5. The van der Waals surface area contributed by atoms with Crippen molar-refractivity contribution in [2.24, 2.45) is 5.92 Å². The fourth-order valence-electron chi connectivity index (χ4n) is 2.89. The van der Waals surface area contributed by atoms with E-state index in [9.17, 15) is 4.79 Å². The van der Waals surface area contributed by atoms with E-state index in [1.807, 2.05) is 30.3 Å². The molecule has 1 fully saturated rings. The van der Waals surface area contributed by atoms with Crippen LogP contribution in [-0.4, -0.2) is 25.8 Å². The smallest absolute Gasteiger partial charge is 0.319 e. The molecule has 0 amide bonds. The van der Waals surface area contributed by atoms with E-state index in [0.717, 1.165) is 24.2 Å². The molecule has 1 aliphatic rings. The van der Waals surface area contributed by atoms with Gasteiger partial charge in [0, 0.05) is 5.56 Å². The molecular weight excluding hydrogens is 370 g/mol. The lowest BCUT2D eigenvalue weighted by atomic mass is 10.1. The molecule has 6 nitrogen and oxygen atoms in total. The Morgan fingerprint density at radius 3 is 2.31 bits per heavy atom. The van der Waals surface area contributed by atoms with Crippen LogP contribution in [0.4, 0.5) is 0 Å². The van der Waals surface area contributed by atoms with Gasteiger partial charge >= 0.3 is 5.97 Å². The average molecular weight is 395 g/mol. The molecule has 2 aromatic rings. The Kier molecular flexibility index (Phi) is 7.62. The first-order chi connectivity index (χ1) is 14.2. The maximum absolute atomic E-state index is 12.3. The summed E-state index contributed by atoms with van der Waals surface area (Å²) in [5, 5.41) is 8.81. The molecule has 0 spiro atoms. The summed E-state index contributed by atoms with van der Waals surface area (Å²) >= 11 is 0. The Morgan fingerprint density at radius 2 is 1.69 bits per heavy atom. The SMILES string of the molecule is CCCCCOc1ccc(C2OCC(C(=O)Oc3ccc(C#N)cc3)CO2)cc1. The van der Waals surface area contributed by atoms with E-state index in [1.54, 1.807) is 24.3 Å². The predicted molar refractivity (Wildman–Crippen MR) is 106 cm³/mol. The molecule has 1 saturated heterocycles. The number of hydrogen-bond acceptors (Lipinski definition) is 6. The lowest BCUT2D eigenvalue weighted by Crippen LogP contribution is -2.35. The van der Waals surface area contributed by atoms with Gasteiger partial charge in [0.25, 0.3) is 0 Å². The molecule has 29 heavy (non-hydrogen) atoms. The third kappa shape index (κ3) is 6.05. The van der Waals surface area contributed by atoms with Crippen molar-refractivity contribution < 1.29 is 23.7 Å². The molecule has 1 aliphatic heterocycles. The van der Waals surface area contributed by atoms with Gasteiger partial charge in [-0.15, -0.1) is 0 Å². The van der Waals surface area contributed by atoms with Crippen molar-refractivity contribution >= 4 is 5.97 Å². The molecule has 0 bridgehead atoms. The summed E-state index contributed by atoms with van der Waals surface area (Å²) in [6.45, 7) is 3.31. The Hall–Kier alpha value is -2.88. The molecule has 0 saturated carbocycles. The van der Waals surface area contributed by atoms with E-state index >= 15 is 0 Å². The lowest BCUT2D eigenvalue weighted by Gasteiger charge is -2.28. The van der Waals surface area contributed by atoms with Gasteiger partial charge in [-0.3, -0.25) is 4.79 Å². The fourth-order valence-corrected chi connectivity index (χ4v) is 2.89. The van der Waals surface area contributed by atoms with Crippen molar-refractivity contribution in [1.82, 2.24) is 0 Å². The number of nitrogens with zero attached hydrogens (tertiary/aromatic N) is 1. The van der Waals surface area contributed by atoms with E-state index in [4.69, 9.17) is 24.2 Å². The van der Waals surface area contributed by atoms with Crippen molar-refractivity contribution in [2.45, 2.75) is 32.5 Å². The maximum atomic E-state index is 12.3. The first-order valence-electron chi connectivity index (χ1n) is 9.87. The molecule has 0 N–H and O–H groups in total. The summed E-state index contributed by atoms with van der Waals surface area (Å²) in [6.07, 6.45) is 2.87. The van der Waals surface area contributed by atoms with Crippen molar-refractivity contribution in [2.75, 3.05) is 19.8 Å². The molecule has 0 unspecified atom stereocenters. The van der Waals surface area contributed by atoms with E-state index in [1.165, 1.54) is 6.42 Å². The molecule has 3 rings (SSSR count). The first kappa shape index (κ1) is 20.8. The van der Waals surface area contributed by atoms with Crippen LogP contribution in [0, 0.1) is 17.2 Å². The topological polar surface area (TPSA) is 77.8 Å². The van der Waals surface area contributed by atoms with Gasteiger partial charge in [-0.25, -0.2) is 0 Å². The average Bonchev–Trinajstić information content (AvgIpc) is 2.78. The van der Waals surface area contributed by atoms with Crippen LogP contribution < -0.4 is 9.47 Å². The fraction of sp³-hybridized carbons (Fsp3) is 0.391. The van der Waals surface area contributed by atoms with Gasteiger partial charge in [0.15, 0.2) is 6.29 Å². The van der Waals surface area contributed by atoms with Crippen molar-refractivity contribution in [3.8, 4) is 17.6 Å². The van der Waals surface area contributed by atoms with Gasteiger partial charge in [-0.2, -0.15) is 5.26 Å². The van der Waals surface area contributed by atoms with Crippen molar-refractivity contribution in [3.63, 3.8) is 0 Å². The highest BCUT2D eigenvalue weighted by Gasteiger charge is 2.30. The van der Waals surface area contributed by atoms with Gasteiger partial charge in [0.05, 0.1) is 31.5 Å². The maximum Gasteiger partial charge on any atom is 0.319 e. The summed E-state index contributed by atoms with van der Waals surface area (Å²) < 4.78 is 22.5. The monoisotopic (exact) mass is 395 g/mol. The second-order valence-electron chi connectivity index (χ2n) is 6.88. The van der Waals surface area contributed by atoms with E-state index in [-0.39, 0.29) is 13.2 Å². The number of carbonyl (C=O) groups excluding carboxylic acids is 1. The van der Waals surface area contributed by atoms with Crippen LogP contribution in [0.15, 0.2) is 48.5 Å². The minimum absolute atomic E-state index is 0.217. The predicted octanol–water partition coefficient (Wildman–Crippen LogP) is 4.39. The quantitative estimate of drug-likeness (QED) is 0.375. The third-order valence-electron chi connectivity index (χ3n) is 4.60. The number of ether oxygens (including phenoxy) is 4. The molecule has 6 heteroatoms. The second-order valence-corrected chi connectivity index (χ2v) is 6.88. The number of unbranched alkanes of at least 4 members (excludes halogenated alkanes) is 2. The summed E-state index contributed by atoms with van der Waals surface area (Å²) in [5.41, 5.74) is 1.39. The molecule has 152 valence electrons. The van der Waals surface area contributed by atoms with Crippen LogP contribution >= 0.6 is 0 Å². The van der Waals surface area contributed by atoms with Crippen LogP contribution in [0.25, 0.3) is 0 Å². The van der Waals surface area contributed by atoms with Crippen LogP contribution in [0.2, 0.25) is 0 Å². The van der Waals surface area contributed by atoms with Crippen LogP contribution in [0.5, 0.6) is 11.5 Å². The lowest BCUT2D eigenvalue weighted by molar-refractivity contribution is -0.210. The number of rotatable bonds is 8. The van der Waals surface area contributed by atoms with Crippen LogP contribution in [-0.2, 0) is 14.3 Å². The van der Waals surface area contributed by atoms with Crippen LogP contribution in [0.3, 0.4) is 0 Å². The van der Waals surface area contributed by atoms with E-state index in [0.29, 0.717) is 17.9 Å². The molecule has 0 radical (unpaired) electrons. The molecule has 0 aromatic heterocycles. The van der Waals surface area contributed by atoms with Crippen LogP contribution in [0.1, 0.15) is 43.6 Å². The number of nitriles is 1. The van der Waals surface area contributed by atoms with Gasteiger partial charge in [0.1, 0.15) is 17.4 Å². The van der Waals surface area contributed by atoms with Crippen molar-refractivity contribution in [3.05, 3.63) is 59.7 Å². The Bertz CT molecular complexity index is 818. The van der Waals surface area contributed by atoms with Crippen molar-refractivity contribution in [1.29, 1.82) is 5.26 Å². The molecule has 2 aromatic carbocycles. The largest absolute Gasteiger partial charge is 0.494 e. The standard InChI is InChI=1S/C23H25NO5/c1-2-3-4-13-26-20-11-7-18(8-12-20)23-27-15-19(16-28-23)22(25)29-21-9-5-17(14-24)6-10-21/h5-12,19,23H,2-4,13,15-16H2,1H3. The minimum atomic E-state index is -0.511. The number of carbonyl (C=O) groups is 1. The number of benzene rings is 2. The molecule has 0 atom stereocenters. The third-order valence-corrected chi connectivity index (χ3v) is 4.60. The van der Waals surface area contributed by atoms with E-state index in [2.05, 4.69) is 6.92 Å². The summed E-state index contributed by atoms with van der Waals surface area (Å²) in [4.78, 5) is 12.3. The highest BCUT2D eigenvalue weighted by atomic mass is 16.7. The molecule has 0 aliphatic carbocycles. The summed E-state index contributed by atoms with van der Waals surface area (Å²) in [5.74, 6) is 0.308. The highest BCUT2D eigenvalue weighted by Crippen LogP contribution is 2.27. The Morgan fingerprint density at radius 1 is 1.03 bits per heavy atom. The van der Waals surface area contributed by atoms with Gasteiger partial charge < -0.3 is 18.9 Å². The number of hydrogen-bond donors (Lipinski definition) is 0. The summed E-state index contributed by atoms with van der Waals surface area (Å²) in [6, 6.07) is 16.0. The van der Waals surface area contributed by atoms with E-state index < -0.39 is 18.2 Å². The molecular formula is C23H25NO5. The Balaban J connectivity index is 1.45. The normalized spacial score (nSPS) is 18.6. The Labute approximate surface area is 171 Å². The van der Waals surface area contributed by atoms with Gasteiger partial charge in [-0.05, 0) is 42.8 Å². The van der Waals surface area contributed by atoms with Gasteiger partial charge in [-0.1, -0.05) is 31.9 Å². The number of esters is 1. The minimum Gasteiger partial charge on any atom is -0.494 e. The first-order valence-corrected chi connectivity index (χ1v) is 9.87. The second kappa shape index (κ2) is 10.6. The van der Waals surface area contributed by atoms with Gasteiger partial charge in [0.2, 0.25) is 0 Å².